The summed E-state index contributed by atoms with van der Waals surface area (Å²) in [5.74, 6) is 1.85. The molecule has 0 radical (unpaired) electrons. The Bertz CT molecular complexity index is 874. The highest BCUT2D eigenvalue weighted by molar-refractivity contribution is 5.77. The van der Waals surface area contributed by atoms with Gasteiger partial charge in [0.05, 0.1) is 19.3 Å². The number of ether oxygens (including phenoxy) is 3. The molecule has 1 N–H and O–H groups in total. The van der Waals surface area contributed by atoms with Crippen LogP contribution in [0.3, 0.4) is 0 Å². The van der Waals surface area contributed by atoms with E-state index in [4.69, 9.17) is 14.2 Å². The molecule has 0 aliphatic rings. The summed E-state index contributed by atoms with van der Waals surface area (Å²) in [6, 6.07) is 10.9. The number of amides is 1. The number of aryl methyl sites for hydroxylation is 1. The minimum Gasteiger partial charge on any atom is -0.497 e. The molecule has 7 heteroatoms. The second-order valence-electron chi connectivity index (χ2n) is 5.65. The highest BCUT2D eigenvalue weighted by Crippen LogP contribution is 2.18. The van der Waals surface area contributed by atoms with Crippen molar-refractivity contribution < 1.29 is 19.0 Å². The predicted octanol–water partition coefficient (Wildman–Crippen LogP) is 2.23. The zero-order valence-electron chi connectivity index (χ0n) is 14.8. The maximum absolute atomic E-state index is 11.9. The molecule has 2 heterocycles. The summed E-state index contributed by atoms with van der Waals surface area (Å²) >= 11 is 0. The van der Waals surface area contributed by atoms with Crippen LogP contribution in [-0.4, -0.2) is 42.2 Å². The van der Waals surface area contributed by atoms with Crippen LogP contribution in [-0.2, 0) is 4.79 Å². The molecule has 26 heavy (non-hydrogen) atoms. The minimum atomic E-state index is -0.214. The molecule has 0 saturated heterocycles. The van der Waals surface area contributed by atoms with E-state index in [1.165, 1.54) is 0 Å². The molecule has 0 unspecified atom stereocenters. The average molecular weight is 355 g/mol. The fourth-order valence-corrected chi connectivity index (χ4v) is 2.45. The lowest BCUT2D eigenvalue weighted by atomic mass is 10.3. The standard InChI is InChI=1S/C19H21N3O4/c1-14-12-22-10-3-4-17(19(22)21-14)26-13-18(23)20-9-11-25-16-7-5-15(24-2)6-8-16/h3-8,10,12H,9,11,13H2,1-2H3,(H,20,23). The number of rotatable bonds is 8. The SMILES string of the molecule is COc1ccc(OCCNC(=O)COc2cccn3cc(C)nc23)cc1. The van der Waals surface area contributed by atoms with E-state index in [-0.39, 0.29) is 12.5 Å². The van der Waals surface area contributed by atoms with Crippen molar-refractivity contribution >= 4 is 11.6 Å². The van der Waals surface area contributed by atoms with Crippen molar-refractivity contribution in [1.82, 2.24) is 14.7 Å². The molecule has 3 rings (SSSR count). The first-order valence-corrected chi connectivity index (χ1v) is 8.26. The van der Waals surface area contributed by atoms with Gasteiger partial charge in [-0.2, -0.15) is 0 Å². The number of benzene rings is 1. The molecular formula is C19H21N3O4. The van der Waals surface area contributed by atoms with Gasteiger partial charge in [-0.1, -0.05) is 0 Å². The van der Waals surface area contributed by atoms with Crippen molar-refractivity contribution in [2.45, 2.75) is 6.92 Å². The Labute approximate surface area is 151 Å². The van der Waals surface area contributed by atoms with Crippen LogP contribution in [0.2, 0.25) is 0 Å². The fourth-order valence-electron chi connectivity index (χ4n) is 2.45. The Morgan fingerprint density at radius 3 is 2.69 bits per heavy atom. The van der Waals surface area contributed by atoms with E-state index in [0.717, 1.165) is 17.2 Å². The maximum atomic E-state index is 11.9. The Hall–Kier alpha value is -3.22. The van der Waals surface area contributed by atoms with E-state index in [1.54, 1.807) is 13.2 Å². The smallest absolute Gasteiger partial charge is 0.258 e. The van der Waals surface area contributed by atoms with Crippen LogP contribution in [0.1, 0.15) is 5.69 Å². The second kappa shape index (κ2) is 8.24. The van der Waals surface area contributed by atoms with Crippen molar-refractivity contribution in [3.63, 3.8) is 0 Å². The van der Waals surface area contributed by atoms with Crippen LogP contribution in [0.15, 0.2) is 48.8 Å². The quantitative estimate of drug-likeness (QED) is 0.627. The first-order valence-electron chi connectivity index (χ1n) is 8.26. The summed E-state index contributed by atoms with van der Waals surface area (Å²) in [4.78, 5) is 16.3. The summed E-state index contributed by atoms with van der Waals surface area (Å²) in [5, 5.41) is 2.76. The van der Waals surface area contributed by atoms with Gasteiger partial charge in [0, 0.05) is 12.4 Å². The van der Waals surface area contributed by atoms with Crippen LogP contribution in [0.4, 0.5) is 0 Å². The van der Waals surface area contributed by atoms with Crippen molar-refractivity contribution in [1.29, 1.82) is 0 Å². The summed E-state index contributed by atoms with van der Waals surface area (Å²) in [6.07, 6.45) is 3.79. The van der Waals surface area contributed by atoms with E-state index >= 15 is 0 Å². The largest absolute Gasteiger partial charge is 0.497 e. The van der Waals surface area contributed by atoms with Gasteiger partial charge < -0.3 is 23.9 Å². The van der Waals surface area contributed by atoms with Gasteiger partial charge >= 0.3 is 0 Å². The first kappa shape index (κ1) is 17.6. The zero-order valence-corrected chi connectivity index (χ0v) is 14.8. The average Bonchev–Trinajstić information content (AvgIpc) is 3.04. The molecule has 0 fully saturated rings. The monoisotopic (exact) mass is 355 g/mol. The van der Waals surface area contributed by atoms with E-state index in [2.05, 4.69) is 10.3 Å². The molecule has 1 aromatic carbocycles. The highest BCUT2D eigenvalue weighted by atomic mass is 16.5. The van der Waals surface area contributed by atoms with E-state index in [0.29, 0.717) is 24.5 Å². The van der Waals surface area contributed by atoms with Crippen molar-refractivity contribution in [3.8, 4) is 17.2 Å². The summed E-state index contributed by atoms with van der Waals surface area (Å²) in [7, 11) is 1.61. The molecule has 0 spiro atoms. The number of hydrogen-bond donors (Lipinski definition) is 1. The number of fused-ring (bicyclic) bond motifs is 1. The minimum absolute atomic E-state index is 0.0753. The van der Waals surface area contributed by atoms with E-state index in [1.807, 2.05) is 54.0 Å². The third-order valence-corrected chi connectivity index (χ3v) is 3.68. The van der Waals surface area contributed by atoms with E-state index in [9.17, 15) is 4.79 Å². The molecule has 2 aromatic heterocycles. The number of hydrogen-bond acceptors (Lipinski definition) is 5. The topological polar surface area (TPSA) is 74.1 Å². The zero-order chi connectivity index (χ0) is 18.4. The van der Waals surface area contributed by atoms with Crippen LogP contribution in [0, 0.1) is 6.92 Å². The number of nitrogens with one attached hydrogen (secondary N) is 1. The third-order valence-electron chi connectivity index (χ3n) is 3.68. The number of carbonyl (C=O) groups excluding carboxylic acids is 1. The molecule has 7 nitrogen and oxygen atoms in total. The molecule has 3 aromatic rings. The molecule has 1 amide bonds. The van der Waals surface area contributed by atoms with Crippen LogP contribution < -0.4 is 19.5 Å². The van der Waals surface area contributed by atoms with Crippen molar-refractivity contribution in [2.75, 3.05) is 26.9 Å². The van der Waals surface area contributed by atoms with Gasteiger partial charge in [0.2, 0.25) is 0 Å². The van der Waals surface area contributed by atoms with Crippen molar-refractivity contribution in [2.24, 2.45) is 0 Å². The molecule has 0 bridgehead atoms. The Kier molecular flexibility index (Phi) is 5.58. The fraction of sp³-hybridized carbons (Fsp3) is 0.263. The van der Waals surface area contributed by atoms with Crippen LogP contribution in [0.25, 0.3) is 5.65 Å². The van der Waals surface area contributed by atoms with Crippen molar-refractivity contribution in [3.05, 3.63) is 54.5 Å². The van der Waals surface area contributed by atoms with Gasteiger partial charge in [-0.05, 0) is 43.3 Å². The molecule has 0 aliphatic heterocycles. The number of aromatic nitrogens is 2. The van der Waals surface area contributed by atoms with Crippen LogP contribution >= 0.6 is 0 Å². The Morgan fingerprint density at radius 1 is 1.15 bits per heavy atom. The normalized spacial score (nSPS) is 10.5. The lowest BCUT2D eigenvalue weighted by Crippen LogP contribution is -2.32. The third kappa shape index (κ3) is 4.44. The summed E-state index contributed by atoms with van der Waals surface area (Å²) in [6.45, 7) is 2.59. The maximum Gasteiger partial charge on any atom is 0.258 e. The second-order valence-corrected chi connectivity index (χ2v) is 5.65. The summed E-state index contributed by atoms with van der Waals surface area (Å²) in [5.41, 5.74) is 1.59. The lowest BCUT2D eigenvalue weighted by molar-refractivity contribution is -0.123. The van der Waals surface area contributed by atoms with Gasteiger partial charge in [-0.3, -0.25) is 4.79 Å². The number of nitrogens with zero attached hydrogens (tertiary/aromatic N) is 2. The number of imidazole rings is 1. The van der Waals surface area contributed by atoms with Crippen LogP contribution in [0.5, 0.6) is 17.2 Å². The molecular weight excluding hydrogens is 334 g/mol. The number of pyridine rings is 1. The Balaban J connectivity index is 1.41. The molecule has 136 valence electrons. The molecule has 0 aliphatic carbocycles. The molecule has 0 atom stereocenters. The number of methoxy groups -OCH3 is 1. The van der Waals surface area contributed by atoms with E-state index < -0.39 is 0 Å². The molecule has 0 saturated carbocycles. The van der Waals surface area contributed by atoms with Gasteiger partial charge in [-0.15, -0.1) is 0 Å². The Morgan fingerprint density at radius 2 is 1.92 bits per heavy atom. The number of carbonyl (C=O) groups is 1. The summed E-state index contributed by atoms with van der Waals surface area (Å²) < 4.78 is 18.1. The first-order chi connectivity index (χ1) is 12.7. The van der Waals surface area contributed by atoms with Gasteiger partial charge in [0.15, 0.2) is 18.0 Å². The van der Waals surface area contributed by atoms with Gasteiger partial charge in [-0.25, -0.2) is 4.98 Å². The lowest BCUT2D eigenvalue weighted by Gasteiger charge is -2.09. The van der Waals surface area contributed by atoms with Gasteiger partial charge in [0.1, 0.15) is 18.1 Å². The highest BCUT2D eigenvalue weighted by Gasteiger charge is 2.08. The van der Waals surface area contributed by atoms with Gasteiger partial charge in [0.25, 0.3) is 5.91 Å². The predicted molar refractivity (Wildman–Crippen MR) is 96.9 cm³/mol.